The normalized spacial score (nSPS) is 13.3. The van der Waals surface area contributed by atoms with Crippen LogP contribution in [0, 0.1) is 12.3 Å². The maximum Gasteiger partial charge on any atom is 0.405 e. The van der Waals surface area contributed by atoms with E-state index in [0.717, 1.165) is 18.2 Å². The average Bonchev–Trinajstić information content (AvgIpc) is 2.50. The lowest BCUT2D eigenvalue weighted by Gasteiger charge is -2.22. The molecule has 0 saturated heterocycles. The Labute approximate surface area is 140 Å². The Bertz CT molecular complexity index is 664. The maximum absolute atomic E-state index is 13.5. The third-order valence-electron chi connectivity index (χ3n) is 3.09. The zero-order chi connectivity index (χ0) is 19.4. The third kappa shape index (κ3) is 6.21. The molecule has 0 fully saturated rings. The molecule has 1 unspecified atom stereocenters. The Balaban J connectivity index is 3.24. The lowest BCUT2D eigenvalue weighted by molar-refractivity contribution is -0.115. The highest BCUT2D eigenvalue weighted by Gasteiger charge is 2.29. The fourth-order valence-corrected chi connectivity index (χ4v) is 1.80. The lowest BCUT2D eigenvalue weighted by atomic mass is 10.0. The second-order valence-corrected chi connectivity index (χ2v) is 5.73. The molecule has 25 heavy (non-hydrogen) atoms. The van der Waals surface area contributed by atoms with E-state index in [4.69, 9.17) is 6.42 Å². The number of carbonyl (C=O) groups is 1. The number of terminal acetylenes is 1. The molecule has 0 radical (unpaired) electrons. The van der Waals surface area contributed by atoms with Gasteiger partial charge in [0.15, 0.2) is 6.17 Å². The Morgan fingerprint density at radius 1 is 1.24 bits per heavy atom. The number of carbonyl (C=O) groups excluding carboxylic acids is 1. The molecule has 9 heteroatoms. The van der Waals surface area contributed by atoms with Crippen molar-refractivity contribution < 1.29 is 31.1 Å². The number of alkyl halides is 6. The summed E-state index contributed by atoms with van der Waals surface area (Å²) in [4.78, 5) is 12.3. The predicted octanol–water partition coefficient (Wildman–Crippen LogP) is 4.08. The van der Waals surface area contributed by atoms with Crippen LogP contribution >= 0.6 is 0 Å². The summed E-state index contributed by atoms with van der Waals surface area (Å²) < 4.78 is 75.6. The van der Waals surface area contributed by atoms with Gasteiger partial charge in [0, 0.05) is 5.69 Å². The van der Waals surface area contributed by atoms with Gasteiger partial charge in [0.2, 0.25) is 0 Å². The molecule has 0 heterocycles. The lowest BCUT2D eigenvalue weighted by Crippen LogP contribution is -2.42. The van der Waals surface area contributed by atoms with Gasteiger partial charge >= 0.3 is 6.18 Å². The van der Waals surface area contributed by atoms with Crippen molar-refractivity contribution in [3.05, 3.63) is 29.3 Å². The van der Waals surface area contributed by atoms with Gasteiger partial charge in [-0.05, 0) is 31.5 Å². The summed E-state index contributed by atoms with van der Waals surface area (Å²) in [5.74, 6) is 1.33. The first kappa shape index (κ1) is 20.7. The van der Waals surface area contributed by atoms with Crippen LogP contribution < -0.4 is 10.6 Å². The highest BCUT2D eigenvalue weighted by molar-refractivity contribution is 6.00. The molecule has 1 amide bonds. The second-order valence-electron chi connectivity index (χ2n) is 5.73. The van der Waals surface area contributed by atoms with E-state index in [1.54, 1.807) is 0 Å². The first-order valence-electron chi connectivity index (χ1n) is 7.03. The van der Waals surface area contributed by atoms with Gasteiger partial charge in [-0.15, -0.1) is 6.42 Å². The van der Waals surface area contributed by atoms with E-state index < -0.39 is 47.9 Å². The van der Waals surface area contributed by atoms with Crippen LogP contribution in [0.3, 0.4) is 0 Å². The molecule has 1 aromatic rings. The summed E-state index contributed by atoms with van der Waals surface area (Å²) in [7, 11) is 0. The molecule has 0 aromatic heterocycles. The van der Waals surface area contributed by atoms with Gasteiger partial charge in [0.1, 0.15) is 6.54 Å². The molecule has 0 saturated carbocycles. The summed E-state index contributed by atoms with van der Waals surface area (Å²) in [6.45, 7) is 1.45. The number of rotatable bonds is 6. The van der Waals surface area contributed by atoms with Crippen molar-refractivity contribution in [2.24, 2.45) is 0 Å². The monoisotopic (exact) mass is 366 g/mol. The number of anilines is 1. The Hall–Kier alpha value is -2.37. The molecule has 138 valence electrons. The predicted molar refractivity (Wildman–Crippen MR) is 81.2 cm³/mol. The van der Waals surface area contributed by atoms with E-state index >= 15 is 0 Å². The Morgan fingerprint density at radius 2 is 1.84 bits per heavy atom. The minimum Gasteiger partial charge on any atom is -0.376 e. The smallest absolute Gasteiger partial charge is 0.376 e. The van der Waals surface area contributed by atoms with E-state index in [9.17, 15) is 31.1 Å². The summed E-state index contributed by atoms with van der Waals surface area (Å²) >= 11 is 0. The number of amides is 1. The van der Waals surface area contributed by atoms with Crippen LogP contribution in [0.15, 0.2) is 18.2 Å². The van der Waals surface area contributed by atoms with Crippen LogP contribution in [0.1, 0.15) is 35.9 Å². The summed E-state index contributed by atoms with van der Waals surface area (Å²) in [5.41, 5.74) is -2.39. The van der Waals surface area contributed by atoms with E-state index in [-0.39, 0.29) is 5.69 Å². The van der Waals surface area contributed by atoms with E-state index in [1.807, 2.05) is 5.32 Å². The standard InChI is InChI=1S/C16H16F6N2O/c1-4-15(2,3)24-14(25)10-7-9(12(17)13(18)19)5-6-11(10)23-8-16(20,21)22/h1,5-7,12-13,23H,8H2,2-3H3,(H,24,25). The molecule has 0 aliphatic heterocycles. The SMILES string of the molecule is C#CC(C)(C)NC(=O)c1cc(C(F)C(F)F)ccc1NCC(F)(F)F. The van der Waals surface area contributed by atoms with Crippen molar-refractivity contribution in [3.8, 4) is 12.3 Å². The topological polar surface area (TPSA) is 41.1 Å². The zero-order valence-electron chi connectivity index (χ0n) is 13.3. The molecule has 1 atom stereocenters. The van der Waals surface area contributed by atoms with E-state index in [2.05, 4.69) is 11.2 Å². The average molecular weight is 366 g/mol. The van der Waals surface area contributed by atoms with Crippen LogP contribution in [0.2, 0.25) is 0 Å². The minimum absolute atomic E-state index is 0.284. The molecular formula is C16H16F6N2O. The number of halogens is 6. The largest absolute Gasteiger partial charge is 0.405 e. The van der Waals surface area contributed by atoms with Gasteiger partial charge in [-0.3, -0.25) is 4.79 Å². The fraction of sp³-hybridized carbons (Fsp3) is 0.438. The third-order valence-corrected chi connectivity index (χ3v) is 3.09. The highest BCUT2D eigenvalue weighted by Crippen LogP contribution is 2.29. The highest BCUT2D eigenvalue weighted by atomic mass is 19.4. The molecule has 0 aliphatic carbocycles. The Morgan fingerprint density at radius 3 is 2.32 bits per heavy atom. The van der Waals surface area contributed by atoms with Crippen LogP contribution in [-0.2, 0) is 0 Å². The summed E-state index contributed by atoms with van der Waals surface area (Å²) in [6, 6.07) is 2.60. The minimum atomic E-state index is -4.57. The number of nitrogens with one attached hydrogen (secondary N) is 2. The van der Waals surface area contributed by atoms with Crippen molar-refractivity contribution in [1.29, 1.82) is 0 Å². The summed E-state index contributed by atoms with van der Waals surface area (Å²) in [5, 5.41) is 4.33. The number of benzene rings is 1. The Kier molecular flexibility index (Phi) is 6.35. The maximum atomic E-state index is 13.5. The molecular weight excluding hydrogens is 350 g/mol. The zero-order valence-corrected chi connectivity index (χ0v) is 13.3. The molecule has 1 rings (SSSR count). The van der Waals surface area contributed by atoms with Crippen molar-refractivity contribution in [2.75, 3.05) is 11.9 Å². The summed E-state index contributed by atoms with van der Waals surface area (Å²) in [6.07, 6.45) is -5.37. The number of hydrogen-bond donors (Lipinski definition) is 2. The number of hydrogen-bond acceptors (Lipinski definition) is 2. The molecule has 2 N–H and O–H groups in total. The molecule has 0 spiro atoms. The van der Waals surface area contributed by atoms with Gasteiger partial charge in [0.25, 0.3) is 12.3 Å². The van der Waals surface area contributed by atoms with E-state index in [1.165, 1.54) is 13.8 Å². The molecule has 0 bridgehead atoms. The van der Waals surface area contributed by atoms with Gasteiger partial charge in [-0.2, -0.15) is 13.2 Å². The van der Waals surface area contributed by atoms with Crippen molar-refractivity contribution in [2.45, 2.75) is 38.2 Å². The van der Waals surface area contributed by atoms with Gasteiger partial charge < -0.3 is 10.6 Å². The van der Waals surface area contributed by atoms with Crippen molar-refractivity contribution in [3.63, 3.8) is 0 Å². The van der Waals surface area contributed by atoms with Crippen LogP contribution in [-0.4, -0.2) is 30.6 Å². The van der Waals surface area contributed by atoms with Crippen LogP contribution in [0.5, 0.6) is 0 Å². The van der Waals surface area contributed by atoms with Gasteiger partial charge in [0.05, 0.1) is 11.1 Å². The van der Waals surface area contributed by atoms with Gasteiger partial charge in [-0.1, -0.05) is 12.0 Å². The van der Waals surface area contributed by atoms with E-state index in [0.29, 0.717) is 0 Å². The van der Waals surface area contributed by atoms with Crippen molar-refractivity contribution >= 4 is 11.6 Å². The first-order valence-corrected chi connectivity index (χ1v) is 7.03. The molecule has 1 aromatic carbocycles. The quantitative estimate of drug-likeness (QED) is 0.589. The van der Waals surface area contributed by atoms with Crippen molar-refractivity contribution in [1.82, 2.24) is 5.32 Å². The second kappa shape index (κ2) is 7.68. The van der Waals surface area contributed by atoms with Crippen LogP contribution in [0.4, 0.5) is 32.0 Å². The first-order chi connectivity index (χ1) is 11.4. The fourth-order valence-electron chi connectivity index (χ4n) is 1.80. The molecule has 3 nitrogen and oxygen atoms in total. The molecule has 0 aliphatic rings. The van der Waals surface area contributed by atoms with Crippen LogP contribution in [0.25, 0.3) is 0 Å². The van der Waals surface area contributed by atoms with Gasteiger partial charge in [-0.25, -0.2) is 13.2 Å².